The molecule has 0 aliphatic rings. The van der Waals surface area contributed by atoms with Crippen LogP contribution in [0, 0.1) is 0 Å². The fourth-order valence-electron chi connectivity index (χ4n) is 1.46. The quantitative estimate of drug-likeness (QED) is 0.796. The van der Waals surface area contributed by atoms with E-state index in [1.165, 1.54) is 12.1 Å². The Bertz CT molecular complexity index is 512. The Morgan fingerprint density at radius 3 is 2.05 bits per heavy atom. The first-order valence-electron chi connectivity index (χ1n) is 5.55. The zero-order valence-electron chi connectivity index (χ0n) is 9.85. The lowest BCUT2D eigenvalue weighted by Gasteiger charge is -2.08. The molecule has 2 nitrogen and oxygen atoms in total. The maximum absolute atomic E-state index is 12.0. The smallest absolute Gasteiger partial charge is 0.387 e. The van der Waals surface area contributed by atoms with Gasteiger partial charge in [0.15, 0.2) is 0 Å². The van der Waals surface area contributed by atoms with Crippen molar-refractivity contribution in [1.82, 2.24) is 0 Å². The summed E-state index contributed by atoms with van der Waals surface area (Å²) in [6.45, 7) is -2.43. The SMILES string of the molecule is FC(F)Oc1ccc(COc2ccc(Br)cc2)cc1. The van der Waals surface area contributed by atoms with E-state index >= 15 is 0 Å². The van der Waals surface area contributed by atoms with Gasteiger partial charge >= 0.3 is 6.61 Å². The Hall–Kier alpha value is -1.62. The van der Waals surface area contributed by atoms with E-state index in [1.54, 1.807) is 12.1 Å². The van der Waals surface area contributed by atoms with Crippen LogP contribution in [0.15, 0.2) is 53.0 Å². The van der Waals surface area contributed by atoms with E-state index in [1.807, 2.05) is 24.3 Å². The average molecular weight is 329 g/mol. The topological polar surface area (TPSA) is 18.5 Å². The lowest BCUT2D eigenvalue weighted by atomic mass is 10.2. The van der Waals surface area contributed by atoms with E-state index in [9.17, 15) is 8.78 Å². The summed E-state index contributed by atoms with van der Waals surface area (Å²) in [5.41, 5.74) is 0.879. The van der Waals surface area contributed by atoms with Crippen LogP contribution in [0.1, 0.15) is 5.56 Å². The summed E-state index contributed by atoms with van der Waals surface area (Å²) in [7, 11) is 0. The number of halogens is 3. The van der Waals surface area contributed by atoms with Crippen molar-refractivity contribution in [2.75, 3.05) is 0 Å². The normalized spacial score (nSPS) is 10.5. The highest BCUT2D eigenvalue weighted by Gasteiger charge is 2.03. The molecule has 0 aliphatic carbocycles. The van der Waals surface area contributed by atoms with Gasteiger partial charge in [0, 0.05) is 4.47 Å². The van der Waals surface area contributed by atoms with Crippen molar-refractivity contribution < 1.29 is 18.3 Å². The zero-order chi connectivity index (χ0) is 13.7. The third-order valence-corrected chi connectivity index (χ3v) is 2.90. The Morgan fingerprint density at radius 1 is 0.895 bits per heavy atom. The fraction of sp³-hybridized carbons (Fsp3) is 0.143. The summed E-state index contributed by atoms with van der Waals surface area (Å²) in [4.78, 5) is 0. The molecule has 0 aromatic heterocycles. The van der Waals surface area contributed by atoms with Crippen molar-refractivity contribution in [3.63, 3.8) is 0 Å². The second-order valence-electron chi connectivity index (χ2n) is 3.77. The molecule has 100 valence electrons. The highest BCUT2D eigenvalue weighted by molar-refractivity contribution is 9.10. The van der Waals surface area contributed by atoms with Crippen molar-refractivity contribution in [3.8, 4) is 11.5 Å². The molecule has 0 unspecified atom stereocenters. The van der Waals surface area contributed by atoms with Gasteiger partial charge in [-0.3, -0.25) is 0 Å². The Morgan fingerprint density at radius 2 is 1.47 bits per heavy atom. The predicted molar refractivity (Wildman–Crippen MR) is 71.5 cm³/mol. The van der Waals surface area contributed by atoms with Gasteiger partial charge in [-0.2, -0.15) is 8.78 Å². The number of hydrogen-bond donors (Lipinski definition) is 0. The first kappa shape index (κ1) is 13.8. The van der Waals surface area contributed by atoms with Crippen molar-refractivity contribution in [2.24, 2.45) is 0 Å². The minimum Gasteiger partial charge on any atom is -0.489 e. The summed E-state index contributed by atoms with van der Waals surface area (Å²) in [5, 5.41) is 0. The Labute approximate surface area is 118 Å². The second-order valence-corrected chi connectivity index (χ2v) is 4.68. The molecule has 0 N–H and O–H groups in total. The van der Waals surface area contributed by atoms with E-state index in [0.29, 0.717) is 6.61 Å². The number of hydrogen-bond acceptors (Lipinski definition) is 2. The highest BCUT2D eigenvalue weighted by atomic mass is 79.9. The molecule has 0 saturated carbocycles. The summed E-state index contributed by atoms with van der Waals surface area (Å²) < 4.78 is 34.7. The molecule has 0 saturated heterocycles. The molecule has 0 fully saturated rings. The van der Waals surface area contributed by atoms with E-state index < -0.39 is 6.61 Å². The van der Waals surface area contributed by atoms with Gasteiger partial charge < -0.3 is 9.47 Å². The number of ether oxygens (including phenoxy) is 2. The number of benzene rings is 2. The second kappa shape index (κ2) is 6.52. The van der Waals surface area contributed by atoms with Crippen LogP contribution in [0.25, 0.3) is 0 Å². The maximum Gasteiger partial charge on any atom is 0.387 e. The molecule has 0 spiro atoms. The molecule has 2 aromatic carbocycles. The summed E-state index contributed by atoms with van der Waals surface area (Å²) in [6.07, 6.45) is 0. The molecule has 2 aromatic rings. The van der Waals surface area contributed by atoms with E-state index in [4.69, 9.17) is 4.74 Å². The lowest BCUT2D eigenvalue weighted by Crippen LogP contribution is -2.02. The number of alkyl halides is 2. The van der Waals surface area contributed by atoms with Gasteiger partial charge in [0.2, 0.25) is 0 Å². The van der Waals surface area contributed by atoms with Gasteiger partial charge in [0.25, 0.3) is 0 Å². The molecular weight excluding hydrogens is 318 g/mol. The third kappa shape index (κ3) is 4.52. The molecule has 0 aliphatic heterocycles. The standard InChI is InChI=1S/C14H11BrF2O2/c15-11-3-7-12(8-4-11)18-9-10-1-5-13(6-2-10)19-14(16)17/h1-8,14H,9H2. The molecule has 0 heterocycles. The van der Waals surface area contributed by atoms with Gasteiger partial charge in [-0.15, -0.1) is 0 Å². The molecule has 5 heteroatoms. The molecule has 19 heavy (non-hydrogen) atoms. The lowest BCUT2D eigenvalue weighted by molar-refractivity contribution is -0.0498. The molecule has 0 radical (unpaired) electrons. The van der Waals surface area contributed by atoms with Crippen LogP contribution in [-0.4, -0.2) is 6.61 Å². The van der Waals surface area contributed by atoms with Crippen molar-refractivity contribution in [3.05, 3.63) is 58.6 Å². The Balaban J connectivity index is 1.91. The van der Waals surface area contributed by atoms with Crippen LogP contribution in [-0.2, 0) is 6.61 Å². The van der Waals surface area contributed by atoms with Gasteiger partial charge in [0.1, 0.15) is 18.1 Å². The van der Waals surface area contributed by atoms with Gasteiger partial charge in [0.05, 0.1) is 0 Å². The monoisotopic (exact) mass is 328 g/mol. The van der Waals surface area contributed by atoms with Crippen molar-refractivity contribution in [1.29, 1.82) is 0 Å². The van der Waals surface area contributed by atoms with Crippen LogP contribution < -0.4 is 9.47 Å². The largest absolute Gasteiger partial charge is 0.489 e. The van der Waals surface area contributed by atoms with E-state index in [-0.39, 0.29) is 5.75 Å². The maximum atomic E-state index is 12.0. The van der Waals surface area contributed by atoms with Gasteiger partial charge in [-0.05, 0) is 42.0 Å². The van der Waals surface area contributed by atoms with Crippen LogP contribution in [0.3, 0.4) is 0 Å². The van der Waals surface area contributed by atoms with Gasteiger partial charge in [-0.25, -0.2) is 0 Å². The molecule has 2 rings (SSSR count). The first-order chi connectivity index (χ1) is 9.13. The summed E-state index contributed by atoms with van der Waals surface area (Å²) >= 11 is 3.34. The minimum atomic E-state index is -2.80. The first-order valence-corrected chi connectivity index (χ1v) is 6.35. The fourth-order valence-corrected chi connectivity index (χ4v) is 1.73. The highest BCUT2D eigenvalue weighted by Crippen LogP contribution is 2.19. The summed E-state index contributed by atoms with van der Waals surface area (Å²) in [6, 6.07) is 13.8. The van der Waals surface area contributed by atoms with Crippen LogP contribution in [0.5, 0.6) is 11.5 Å². The third-order valence-electron chi connectivity index (χ3n) is 2.37. The molecular formula is C14H11BrF2O2. The zero-order valence-corrected chi connectivity index (χ0v) is 11.4. The molecule has 0 amide bonds. The van der Waals surface area contributed by atoms with Crippen LogP contribution in [0.2, 0.25) is 0 Å². The van der Waals surface area contributed by atoms with Crippen molar-refractivity contribution in [2.45, 2.75) is 13.2 Å². The van der Waals surface area contributed by atoms with Crippen molar-refractivity contribution >= 4 is 15.9 Å². The average Bonchev–Trinajstić information content (AvgIpc) is 2.39. The number of rotatable bonds is 5. The van der Waals surface area contributed by atoms with Crippen LogP contribution >= 0.6 is 15.9 Å². The van der Waals surface area contributed by atoms with E-state index in [2.05, 4.69) is 20.7 Å². The minimum absolute atomic E-state index is 0.141. The van der Waals surface area contributed by atoms with E-state index in [0.717, 1.165) is 15.8 Å². The molecule has 0 atom stereocenters. The van der Waals surface area contributed by atoms with Crippen LogP contribution in [0.4, 0.5) is 8.78 Å². The predicted octanol–water partition coefficient (Wildman–Crippen LogP) is 4.63. The Kier molecular flexibility index (Phi) is 4.74. The molecule has 0 bridgehead atoms. The van der Waals surface area contributed by atoms with Gasteiger partial charge in [-0.1, -0.05) is 28.1 Å². The summed E-state index contributed by atoms with van der Waals surface area (Å²) in [5.74, 6) is 0.887.